The van der Waals surface area contributed by atoms with Crippen LogP contribution in [0.1, 0.15) is 27.8 Å². The maximum Gasteiger partial charge on any atom is 0.138 e. The SMILES string of the molecule is BrC1=C2C(=C(c3ccccc3)c3ccccc3C2(c2ccccc2)c2ccccc2)C1(Br)Br. The molecule has 3 heteroatoms. The number of allylic oxidation sites excluding steroid dienone is 3. The normalized spacial score (nSPS) is 17.8. The molecule has 0 radical (unpaired) electrons. The van der Waals surface area contributed by atoms with Crippen molar-refractivity contribution < 1.29 is 0 Å². The first-order chi connectivity index (χ1) is 16.1. The van der Waals surface area contributed by atoms with E-state index in [1.165, 1.54) is 44.5 Å². The average molecular weight is 619 g/mol. The molecule has 0 atom stereocenters. The summed E-state index contributed by atoms with van der Waals surface area (Å²) in [7, 11) is 0. The minimum Gasteiger partial charge on any atom is -0.0622 e. The van der Waals surface area contributed by atoms with Crippen molar-refractivity contribution in [2.24, 2.45) is 0 Å². The number of hydrogen-bond donors (Lipinski definition) is 0. The monoisotopic (exact) mass is 616 g/mol. The van der Waals surface area contributed by atoms with E-state index in [1.807, 2.05) is 0 Å². The van der Waals surface area contributed by atoms with Crippen LogP contribution in [0.3, 0.4) is 0 Å². The lowest BCUT2D eigenvalue weighted by molar-refractivity contribution is 0.687. The van der Waals surface area contributed by atoms with Crippen molar-refractivity contribution >= 4 is 53.4 Å². The zero-order valence-corrected chi connectivity index (χ0v) is 22.4. The highest BCUT2D eigenvalue weighted by molar-refractivity contribution is 9.26. The van der Waals surface area contributed by atoms with Crippen molar-refractivity contribution in [3.8, 4) is 0 Å². The molecule has 0 heterocycles. The standard InChI is InChI=1S/C30H19Br3/c31-28-27-26(30(28,32)33)25(20-12-4-1-5-13-20)23-18-10-11-19-24(23)29(27,21-14-6-2-7-15-21)22-16-8-3-9-17-22/h1-19H. The summed E-state index contributed by atoms with van der Waals surface area (Å²) in [6.07, 6.45) is 0. The first-order valence-corrected chi connectivity index (χ1v) is 13.3. The number of alkyl halides is 2. The molecule has 0 saturated heterocycles. The molecule has 0 aromatic heterocycles. The lowest BCUT2D eigenvalue weighted by Crippen LogP contribution is -2.46. The van der Waals surface area contributed by atoms with Gasteiger partial charge in [0.2, 0.25) is 0 Å². The van der Waals surface area contributed by atoms with Gasteiger partial charge in [-0.25, -0.2) is 0 Å². The summed E-state index contributed by atoms with van der Waals surface area (Å²) in [5.41, 5.74) is 9.70. The van der Waals surface area contributed by atoms with Gasteiger partial charge in [0.1, 0.15) is 3.23 Å². The average Bonchev–Trinajstić information content (AvgIpc) is 2.88. The van der Waals surface area contributed by atoms with Crippen molar-refractivity contribution in [1.82, 2.24) is 0 Å². The topological polar surface area (TPSA) is 0 Å². The van der Waals surface area contributed by atoms with E-state index in [0.29, 0.717) is 0 Å². The minimum atomic E-state index is -0.442. The molecular weight excluding hydrogens is 600 g/mol. The minimum absolute atomic E-state index is 0.434. The van der Waals surface area contributed by atoms with E-state index in [9.17, 15) is 0 Å². The van der Waals surface area contributed by atoms with Gasteiger partial charge in [-0.2, -0.15) is 0 Å². The van der Waals surface area contributed by atoms with Crippen LogP contribution in [0.25, 0.3) is 5.57 Å². The second-order valence-electron chi connectivity index (χ2n) is 8.41. The summed E-state index contributed by atoms with van der Waals surface area (Å²) < 4.78 is 0.684. The van der Waals surface area contributed by atoms with Gasteiger partial charge in [0.25, 0.3) is 0 Å². The Kier molecular flexibility index (Phi) is 5.13. The molecule has 160 valence electrons. The molecule has 33 heavy (non-hydrogen) atoms. The smallest absolute Gasteiger partial charge is 0.0622 e. The fraction of sp³-hybridized carbons (Fsp3) is 0.0667. The number of benzene rings is 4. The molecule has 2 aliphatic carbocycles. The summed E-state index contributed by atoms with van der Waals surface area (Å²) in [5, 5.41) is 0. The first-order valence-electron chi connectivity index (χ1n) is 10.9. The van der Waals surface area contributed by atoms with Gasteiger partial charge in [0.15, 0.2) is 0 Å². The largest absolute Gasteiger partial charge is 0.138 e. The number of fused-ring (bicyclic) bond motifs is 2. The lowest BCUT2D eigenvalue weighted by Gasteiger charge is -2.53. The van der Waals surface area contributed by atoms with E-state index in [2.05, 4.69) is 163 Å². The van der Waals surface area contributed by atoms with Crippen molar-refractivity contribution in [2.75, 3.05) is 0 Å². The molecule has 0 aliphatic heterocycles. The summed E-state index contributed by atoms with van der Waals surface area (Å²) in [5.74, 6) is 0. The van der Waals surface area contributed by atoms with Crippen LogP contribution >= 0.6 is 47.8 Å². The highest BCUT2D eigenvalue weighted by atomic mass is 79.9. The summed E-state index contributed by atoms with van der Waals surface area (Å²) >= 11 is 12.0. The Hall–Kier alpha value is -2.20. The van der Waals surface area contributed by atoms with Crippen LogP contribution in [-0.2, 0) is 5.41 Å². The van der Waals surface area contributed by atoms with Crippen LogP contribution in [-0.4, -0.2) is 3.23 Å². The first kappa shape index (κ1) is 21.3. The Morgan fingerprint density at radius 3 is 1.58 bits per heavy atom. The van der Waals surface area contributed by atoms with Crippen molar-refractivity contribution in [1.29, 1.82) is 0 Å². The molecule has 0 N–H and O–H groups in total. The van der Waals surface area contributed by atoms with Crippen molar-refractivity contribution in [2.45, 2.75) is 8.65 Å². The van der Waals surface area contributed by atoms with Crippen LogP contribution < -0.4 is 0 Å². The quantitative estimate of drug-likeness (QED) is 0.201. The van der Waals surface area contributed by atoms with E-state index < -0.39 is 8.65 Å². The molecule has 0 amide bonds. The zero-order valence-electron chi connectivity index (χ0n) is 17.6. The molecule has 0 unspecified atom stereocenters. The predicted octanol–water partition coefficient (Wildman–Crippen LogP) is 8.99. The Labute approximate surface area is 219 Å². The molecule has 0 saturated carbocycles. The van der Waals surface area contributed by atoms with Crippen LogP contribution in [0.2, 0.25) is 0 Å². The zero-order chi connectivity index (χ0) is 22.6. The van der Waals surface area contributed by atoms with Crippen molar-refractivity contribution in [3.05, 3.63) is 159 Å². The van der Waals surface area contributed by atoms with E-state index in [1.54, 1.807) is 0 Å². The number of halogens is 3. The molecule has 0 fully saturated rings. The summed E-state index contributed by atoms with van der Waals surface area (Å²) in [6, 6.07) is 41.3. The van der Waals surface area contributed by atoms with Gasteiger partial charge in [0, 0.05) is 4.48 Å². The molecule has 0 nitrogen and oxygen atoms in total. The van der Waals surface area contributed by atoms with Gasteiger partial charge in [-0.05, 0) is 44.5 Å². The van der Waals surface area contributed by atoms with Gasteiger partial charge >= 0.3 is 0 Å². The second-order valence-corrected chi connectivity index (χ2v) is 12.6. The Balaban J connectivity index is 1.83. The van der Waals surface area contributed by atoms with E-state index in [4.69, 9.17) is 0 Å². The molecule has 4 aromatic carbocycles. The van der Waals surface area contributed by atoms with Gasteiger partial charge < -0.3 is 0 Å². The van der Waals surface area contributed by atoms with E-state index in [0.717, 1.165) is 4.48 Å². The number of hydrogen-bond acceptors (Lipinski definition) is 0. The van der Waals surface area contributed by atoms with Gasteiger partial charge in [-0.1, -0.05) is 163 Å². The molecule has 0 bridgehead atoms. The molecule has 4 aromatic rings. The maximum absolute atomic E-state index is 4.01. The van der Waals surface area contributed by atoms with Gasteiger partial charge in [-0.3, -0.25) is 0 Å². The Morgan fingerprint density at radius 2 is 1.00 bits per heavy atom. The van der Waals surface area contributed by atoms with Crippen LogP contribution in [0.15, 0.2) is 131 Å². The third kappa shape index (κ3) is 2.92. The molecular formula is C30H19Br3. The third-order valence-corrected chi connectivity index (χ3v) is 10.4. The van der Waals surface area contributed by atoms with Crippen LogP contribution in [0.4, 0.5) is 0 Å². The van der Waals surface area contributed by atoms with Crippen LogP contribution in [0, 0.1) is 0 Å². The molecule has 0 spiro atoms. The fourth-order valence-electron chi connectivity index (χ4n) is 5.45. The Bertz CT molecular complexity index is 1380. The van der Waals surface area contributed by atoms with Gasteiger partial charge in [-0.15, -0.1) is 0 Å². The summed E-state index contributed by atoms with van der Waals surface area (Å²) in [6.45, 7) is 0. The Morgan fingerprint density at radius 1 is 0.515 bits per heavy atom. The molecule has 2 aliphatic rings. The highest BCUT2D eigenvalue weighted by Gasteiger charge is 2.59. The lowest BCUT2D eigenvalue weighted by atomic mass is 9.54. The van der Waals surface area contributed by atoms with Gasteiger partial charge in [0.05, 0.1) is 5.41 Å². The maximum atomic E-state index is 4.01. The third-order valence-electron chi connectivity index (χ3n) is 6.76. The number of rotatable bonds is 3. The highest BCUT2D eigenvalue weighted by Crippen LogP contribution is 2.69. The van der Waals surface area contributed by atoms with E-state index >= 15 is 0 Å². The van der Waals surface area contributed by atoms with E-state index in [-0.39, 0.29) is 0 Å². The predicted molar refractivity (Wildman–Crippen MR) is 148 cm³/mol. The van der Waals surface area contributed by atoms with Crippen LogP contribution in [0.5, 0.6) is 0 Å². The second kappa shape index (κ2) is 7.94. The molecule has 6 rings (SSSR count). The summed E-state index contributed by atoms with van der Waals surface area (Å²) in [4.78, 5) is 0. The van der Waals surface area contributed by atoms with Crippen molar-refractivity contribution in [3.63, 3.8) is 0 Å². The fourth-order valence-corrected chi connectivity index (χ4v) is 7.33.